The SMILES string of the molecule is COCCn1c(=NC(=O)c2ccc(S(=O)(=O)N(CCC#N)CCC#N)cc2)sc2c(C)cc(C)cc21. The van der Waals surface area contributed by atoms with Crippen LogP contribution in [0.2, 0.25) is 0 Å². The summed E-state index contributed by atoms with van der Waals surface area (Å²) in [5, 5.41) is 17.7. The van der Waals surface area contributed by atoms with Crippen LogP contribution in [0.3, 0.4) is 0 Å². The van der Waals surface area contributed by atoms with Crippen LogP contribution in [0.4, 0.5) is 0 Å². The van der Waals surface area contributed by atoms with Crippen LogP contribution in [-0.4, -0.2) is 50.0 Å². The molecule has 0 bridgehead atoms. The lowest BCUT2D eigenvalue weighted by Gasteiger charge is -2.20. The lowest BCUT2D eigenvalue weighted by Crippen LogP contribution is -2.32. The van der Waals surface area contributed by atoms with E-state index in [-0.39, 0.29) is 36.4 Å². The van der Waals surface area contributed by atoms with E-state index in [1.807, 2.05) is 30.6 Å². The normalized spacial score (nSPS) is 12.1. The van der Waals surface area contributed by atoms with Gasteiger partial charge in [0.2, 0.25) is 10.0 Å². The third kappa shape index (κ3) is 6.07. The molecule has 3 aromatic rings. The molecule has 0 saturated heterocycles. The van der Waals surface area contributed by atoms with Gasteiger partial charge in [-0.1, -0.05) is 17.4 Å². The maximum absolute atomic E-state index is 13.0. The van der Waals surface area contributed by atoms with Gasteiger partial charge in [-0.05, 0) is 55.3 Å². The number of nitrogens with zero attached hydrogens (tertiary/aromatic N) is 5. The van der Waals surface area contributed by atoms with Gasteiger partial charge in [-0.15, -0.1) is 0 Å². The highest BCUT2D eigenvalue weighted by Gasteiger charge is 2.24. The van der Waals surface area contributed by atoms with Gasteiger partial charge in [-0.2, -0.15) is 19.8 Å². The second kappa shape index (κ2) is 12.1. The standard InChI is InChI=1S/C25H27N5O4S2/c1-18-16-19(2)23-22(17-18)30(14-15-34-3)25(35-23)28-24(31)20-6-8-21(9-7-20)36(32,33)29(12-4-10-26)13-5-11-27/h6-9,16-17H,4-5,12-15H2,1-3H3. The number of hydrogen-bond acceptors (Lipinski definition) is 7. The minimum Gasteiger partial charge on any atom is -0.383 e. The average molecular weight is 526 g/mol. The summed E-state index contributed by atoms with van der Waals surface area (Å²) in [6.07, 6.45) is 0.0225. The number of methoxy groups -OCH3 is 1. The number of carbonyl (C=O) groups is 1. The summed E-state index contributed by atoms with van der Waals surface area (Å²) in [5.41, 5.74) is 3.44. The van der Waals surface area contributed by atoms with Gasteiger partial charge in [0.05, 0.1) is 33.9 Å². The van der Waals surface area contributed by atoms with Crippen LogP contribution >= 0.6 is 11.3 Å². The predicted octanol–water partition coefficient (Wildman–Crippen LogP) is 3.53. The minimum atomic E-state index is -3.92. The molecule has 0 unspecified atom stereocenters. The Kier molecular flexibility index (Phi) is 9.13. The maximum atomic E-state index is 13.0. The molecule has 0 atom stereocenters. The van der Waals surface area contributed by atoms with Gasteiger partial charge in [-0.3, -0.25) is 4.79 Å². The number of hydrogen-bond donors (Lipinski definition) is 0. The Balaban J connectivity index is 1.96. The van der Waals surface area contributed by atoms with Crippen LogP contribution in [0.5, 0.6) is 0 Å². The zero-order valence-electron chi connectivity index (χ0n) is 20.4. The van der Waals surface area contributed by atoms with Crippen molar-refractivity contribution in [3.05, 3.63) is 57.9 Å². The number of carbonyl (C=O) groups excluding carboxylic acids is 1. The van der Waals surface area contributed by atoms with E-state index in [1.165, 1.54) is 35.6 Å². The van der Waals surface area contributed by atoms with Crippen LogP contribution < -0.4 is 4.80 Å². The van der Waals surface area contributed by atoms with E-state index < -0.39 is 15.9 Å². The summed E-state index contributed by atoms with van der Waals surface area (Å²) >= 11 is 1.42. The molecule has 0 aliphatic heterocycles. The fraction of sp³-hybridized carbons (Fsp3) is 0.360. The van der Waals surface area contributed by atoms with E-state index in [2.05, 4.69) is 17.1 Å². The van der Waals surface area contributed by atoms with Crippen LogP contribution in [0, 0.1) is 36.5 Å². The van der Waals surface area contributed by atoms with Crippen molar-refractivity contribution in [3.8, 4) is 12.1 Å². The first-order valence-corrected chi connectivity index (χ1v) is 13.5. The molecule has 11 heteroatoms. The first kappa shape index (κ1) is 27.2. The van der Waals surface area contributed by atoms with Crippen molar-refractivity contribution in [2.24, 2.45) is 4.99 Å². The Morgan fingerprint density at radius 2 is 1.75 bits per heavy atom. The van der Waals surface area contributed by atoms with Crippen molar-refractivity contribution < 1.29 is 17.9 Å². The van der Waals surface area contributed by atoms with E-state index in [4.69, 9.17) is 15.3 Å². The van der Waals surface area contributed by atoms with Gasteiger partial charge in [-0.25, -0.2) is 8.42 Å². The number of thiazole rings is 1. The molecule has 1 amide bonds. The number of sulfonamides is 1. The molecule has 3 rings (SSSR count). The highest BCUT2D eigenvalue weighted by Crippen LogP contribution is 2.24. The lowest BCUT2D eigenvalue weighted by atomic mass is 10.1. The summed E-state index contributed by atoms with van der Waals surface area (Å²) in [6, 6.07) is 13.5. The molecule has 2 aromatic carbocycles. The van der Waals surface area contributed by atoms with Gasteiger partial charge < -0.3 is 9.30 Å². The van der Waals surface area contributed by atoms with Crippen LogP contribution in [-0.2, 0) is 21.3 Å². The zero-order valence-corrected chi connectivity index (χ0v) is 22.0. The fourth-order valence-electron chi connectivity index (χ4n) is 3.77. The third-order valence-corrected chi connectivity index (χ3v) is 8.66. The summed E-state index contributed by atoms with van der Waals surface area (Å²) in [5.74, 6) is -0.489. The molecule has 0 aliphatic rings. The third-order valence-electron chi connectivity index (χ3n) is 5.52. The van der Waals surface area contributed by atoms with E-state index in [0.717, 1.165) is 25.6 Å². The summed E-state index contributed by atoms with van der Waals surface area (Å²) in [6.45, 7) is 5.01. The second-order valence-electron chi connectivity index (χ2n) is 8.12. The van der Waals surface area contributed by atoms with Crippen molar-refractivity contribution in [3.63, 3.8) is 0 Å². The number of aryl methyl sites for hydroxylation is 2. The molecule has 1 heterocycles. The molecule has 0 saturated carbocycles. The average Bonchev–Trinajstić information content (AvgIpc) is 3.19. The van der Waals surface area contributed by atoms with Gasteiger partial charge in [0.1, 0.15) is 0 Å². The van der Waals surface area contributed by atoms with Crippen molar-refractivity contribution in [2.45, 2.75) is 38.1 Å². The van der Waals surface area contributed by atoms with Crippen molar-refractivity contribution in [2.75, 3.05) is 26.8 Å². The van der Waals surface area contributed by atoms with Crippen molar-refractivity contribution >= 4 is 37.5 Å². The van der Waals surface area contributed by atoms with Crippen LogP contribution in [0.15, 0.2) is 46.3 Å². The first-order valence-electron chi connectivity index (χ1n) is 11.3. The molecule has 0 aliphatic carbocycles. The zero-order chi connectivity index (χ0) is 26.3. The van der Waals surface area contributed by atoms with Crippen LogP contribution in [0.1, 0.15) is 34.3 Å². The highest BCUT2D eigenvalue weighted by molar-refractivity contribution is 7.89. The Hall–Kier alpha value is -3.35. The monoisotopic (exact) mass is 525 g/mol. The Morgan fingerprint density at radius 1 is 1.11 bits per heavy atom. The predicted molar refractivity (Wildman–Crippen MR) is 137 cm³/mol. The topological polar surface area (TPSA) is 129 Å². The first-order chi connectivity index (χ1) is 17.2. The number of benzene rings is 2. The second-order valence-corrected chi connectivity index (χ2v) is 11.0. The quantitative estimate of drug-likeness (QED) is 0.398. The number of nitriles is 2. The van der Waals surface area contributed by atoms with E-state index >= 15 is 0 Å². The Bertz CT molecular complexity index is 1490. The molecule has 9 nitrogen and oxygen atoms in total. The van der Waals surface area contributed by atoms with E-state index in [1.54, 1.807) is 7.11 Å². The molecule has 188 valence electrons. The van der Waals surface area contributed by atoms with Crippen molar-refractivity contribution in [1.82, 2.24) is 8.87 Å². The van der Waals surface area contributed by atoms with Crippen LogP contribution in [0.25, 0.3) is 10.2 Å². The highest BCUT2D eigenvalue weighted by atomic mass is 32.2. The number of ether oxygens (including phenoxy) is 1. The van der Waals surface area contributed by atoms with Crippen molar-refractivity contribution in [1.29, 1.82) is 10.5 Å². The molecule has 0 spiro atoms. The van der Waals surface area contributed by atoms with Gasteiger partial charge in [0, 0.05) is 45.1 Å². The molecular formula is C25H27N5O4S2. The van der Waals surface area contributed by atoms with E-state index in [0.29, 0.717) is 18.0 Å². The number of aromatic nitrogens is 1. The number of amides is 1. The smallest absolute Gasteiger partial charge is 0.279 e. The molecule has 0 fully saturated rings. The molecule has 0 radical (unpaired) electrons. The van der Waals surface area contributed by atoms with Gasteiger partial charge in [0.15, 0.2) is 4.80 Å². The fourth-order valence-corrected chi connectivity index (χ4v) is 6.31. The van der Waals surface area contributed by atoms with E-state index in [9.17, 15) is 13.2 Å². The van der Waals surface area contributed by atoms with Gasteiger partial charge in [0.25, 0.3) is 5.91 Å². The molecule has 0 N–H and O–H groups in total. The molecule has 1 aromatic heterocycles. The Morgan fingerprint density at radius 3 is 2.33 bits per heavy atom. The largest absolute Gasteiger partial charge is 0.383 e. The lowest BCUT2D eigenvalue weighted by molar-refractivity contribution is 0.0997. The maximum Gasteiger partial charge on any atom is 0.279 e. The summed E-state index contributed by atoms with van der Waals surface area (Å²) < 4.78 is 35.4. The summed E-state index contributed by atoms with van der Waals surface area (Å²) in [7, 11) is -2.30. The number of fused-ring (bicyclic) bond motifs is 1. The molecule has 36 heavy (non-hydrogen) atoms. The van der Waals surface area contributed by atoms with Gasteiger partial charge >= 0.3 is 0 Å². The number of rotatable bonds is 10. The Labute approximate surface area is 214 Å². The summed E-state index contributed by atoms with van der Waals surface area (Å²) in [4.78, 5) is 17.9. The molecular weight excluding hydrogens is 498 g/mol. The minimum absolute atomic E-state index is 0.0111.